The molecule has 0 radical (unpaired) electrons. The third kappa shape index (κ3) is 7.27. The van der Waals surface area contributed by atoms with Crippen molar-refractivity contribution in [3.05, 3.63) is 101 Å². The van der Waals surface area contributed by atoms with Crippen molar-refractivity contribution in [1.82, 2.24) is 10.2 Å². The number of aliphatic hydroxyl groups excluding tert-OH is 2. The first-order valence-corrected chi connectivity index (χ1v) is 13.9. The van der Waals surface area contributed by atoms with Crippen LogP contribution in [0.2, 0.25) is 0 Å². The number of carbonyl (C=O) groups is 1. The lowest BCUT2D eigenvalue weighted by Gasteiger charge is -2.43. The number of urea groups is 1. The number of aliphatic hydroxyl groups is 2. The van der Waals surface area contributed by atoms with Gasteiger partial charge in [0, 0.05) is 36.3 Å². The Morgan fingerprint density at radius 3 is 2.40 bits per heavy atom. The highest BCUT2D eigenvalue weighted by Gasteiger charge is 2.39. The van der Waals surface area contributed by atoms with Gasteiger partial charge in [-0.1, -0.05) is 73.7 Å². The summed E-state index contributed by atoms with van der Waals surface area (Å²) >= 11 is 0. The van der Waals surface area contributed by atoms with E-state index < -0.39 is 12.4 Å². The van der Waals surface area contributed by atoms with Crippen LogP contribution in [-0.2, 0) is 16.1 Å². The molecule has 6 atom stereocenters. The van der Waals surface area contributed by atoms with E-state index in [-0.39, 0.29) is 36.8 Å². The second kappa shape index (κ2) is 13.9. The highest BCUT2D eigenvalue weighted by Crippen LogP contribution is 2.42. The summed E-state index contributed by atoms with van der Waals surface area (Å²) in [6, 6.07) is 24.5. The molecule has 3 aromatic rings. The first-order chi connectivity index (χ1) is 19.3. The summed E-state index contributed by atoms with van der Waals surface area (Å²) in [5.74, 6) is -0.00335. The summed E-state index contributed by atoms with van der Waals surface area (Å²) in [4.78, 5) is 14.2. The Kier molecular flexibility index (Phi) is 10.3. The number of ether oxygens (including phenoxy) is 2. The average Bonchev–Trinajstić information content (AvgIpc) is 2.98. The van der Waals surface area contributed by atoms with Gasteiger partial charge in [-0.2, -0.15) is 0 Å². The SMILES string of the molecule is CCNC(=O)Nc1cccc(C2OC(CN(C)C(C)C(O)c3ccccc3)C(C)C(c3ccc(CO)cc3)O2)c1. The lowest BCUT2D eigenvalue weighted by Crippen LogP contribution is -2.46. The van der Waals surface area contributed by atoms with Crippen LogP contribution in [0.4, 0.5) is 10.5 Å². The fraction of sp³-hybridized carbons (Fsp3) is 0.406. The number of nitrogens with one attached hydrogen (secondary N) is 2. The van der Waals surface area contributed by atoms with Gasteiger partial charge in [-0.25, -0.2) is 4.79 Å². The van der Waals surface area contributed by atoms with Crippen LogP contribution < -0.4 is 10.6 Å². The number of anilines is 1. The highest BCUT2D eigenvalue weighted by molar-refractivity contribution is 5.89. The largest absolute Gasteiger partial charge is 0.392 e. The molecule has 0 bridgehead atoms. The van der Waals surface area contributed by atoms with Gasteiger partial charge in [0.05, 0.1) is 24.9 Å². The van der Waals surface area contributed by atoms with Gasteiger partial charge in [0.15, 0.2) is 6.29 Å². The molecular weight excluding hydrogens is 506 g/mol. The minimum atomic E-state index is -0.664. The van der Waals surface area contributed by atoms with Gasteiger partial charge in [0.1, 0.15) is 0 Å². The van der Waals surface area contributed by atoms with Crippen LogP contribution in [0.3, 0.4) is 0 Å². The van der Waals surface area contributed by atoms with Crippen molar-refractivity contribution >= 4 is 11.7 Å². The Balaban J connectivity index is 1.58. The van der Waals surface area contributed by atoms with Crippen molar-refractivity contribution in [3.8, 4) is 0 Å². The highest BCUT2D eigenvalue weighted by atomic mass is 16.7. The lowest BCUT2D eigenvalue weighted by molar-refractivity contribution is -0.276. The normalized spacial score (nSPS) is 22.5. The molecule has 2 amide bonds. The maximum Gasteiger partial charge on any atom is 0.319 e. The zero-order valence-corrected chi connectivity index (χ0v) is 23.7. The zero-order chi connectivity index (χ0) is 28.6. The summed E-state index contributed by atoms with van der Waals surface area (Å²) in [5.41, 5.74) is 4.15. The molecule has 8 heteroatoms. The van der Waals surface area contributed by atoms with Gasteiger partial charge in [-0.05, 0) is 49.7 Å². The minimum absolute atomic E-state index is 0.00335. The van der Waals surface area contributed by atoms with E-state index >= 15 is 0 Å². The molecule has 0 spiro atoms. The number of nitrogens with zero attached hydrogens (tertiary/aromatic N) is 1. The topological polar surface area (TPSA) is 103 Å². The van der Waals surface area contributed by atoms with Crippen LogP contribution in [0, 0.1) is 5.92 Å². The number of benzene rings is 3. The Morgan fingerprint density at radius 1 is 1.00 bits per heavy atom. The van der Waals surface area contributed by atoms with Crippen LogP contribution >= 0.6 is 0 Å². The molecule has 3 aromatic carbocycles. The zero-order valence-electron chi connectivity index (χ0n) is 23.7. The van der Waals surface area contributed by atoms with E-state index in [0.29, 0.717) is 18.8 Å². The summed E-state index contributed by atoms with van der Waals surface area (Å²) in [6.45, 7) is 7.08. The number of hydrogen-bond acceptors (Lipinski definition) is 6. The quantitative estimate of drug-likeness (QED) is 0.279. The molecule has 214 valence electrons. The van der Waals surface area contributed by atoms with Crippen LogP contribution in [0.1, 0.15) is 61.5 Å². The van der Waals surface area contributed by atoms with Crippen molar-refractivity contribution in [2.45, 2.75) is 58.0 Å². The van der Waals surface area contributed by atoms with Gasteiger partial charge >= 0.3 is 6.03 Å². The summed E-state index contributed by atoms with van der Waals surface area (Å²) < 4.78 is 13.1. The molecule has 0 saturated carbocycles. The Bertz CT molecular complexity index is 1220. The third-order valence-electron chi connectivity index (χ3n) is 7.64. The second-order valence-electron chi connectivity index (χ2n) is 10.5. The first-order valence-electron chi connectivity index (χ1n) is 13.9. The third-order valence-corrected chi connectivity index (χ3v) is 7.64. The van der Waals surface area contributed by atoms with Crippen LogP contribution in [0.5, 0.6) is 0 Å². The van der Waals surface area contributed by atoms with E-state index in [4.69, 9.17) is 9.47 Å². The predicted molar refractivity (Wildman–Crippen MR) is 156 cm³/mol. The first kappa shape index (κ1) is 29.7. The van der Waals surface area contributed by atoms with Gasteiger partial charge < -0.3 is 30.3 Å². The van der Waals surface area contributed by atoms with E-state index in [1.807, 2.05) is 99.8 Å². The molecule has 8 nitrogen and oxygen atoms in total. The minimum Gasteiger partial charge on any atom is -0.392 e. The van der Waals surface area contributed by atoms with Crippen molar-refractivity contribution in [3.63, 3.8) is 0 Å². The molecule has 1 aliphatic rings. The van der Waals surface area contributed by atoms with Crippen molar-refractivity contribution in [2.24, 2.45) is 5.92 Å². The van der Waals surface area contributed by atoms with Crippen molar-refractivity contribution in [1.29, 1.82) is 0 Å². The van der Waals surface area contributed by atoms with Crippen LogP contribution in [-0.4, -0.2) is 53.4 Å². The van der Waals surface area contributed by atoms with Gasteiger partial charge in [-0.3, -0.25) is 4.90 Å². The number of carbonyl (C=O) groups excluding carboxylic acids is 1. The predicted octanol–water partition coefficient (Wildman–Crippen LogP) is 5.17. The number of likely N-dealkylation sites (N-methyl/N-ethyl adjacent to an activating group) is 1. The maximum absolute atomic E-state index is 12.1. The van der Waals surface area contributed by atoms with Crippen LogP contribution in [0.15, 0.2) is 78.9 Å². The second-order valence-corrected chi connectivity index (χ2v) is 10.5. The van der Waals surface area contributed by atoms with E-state index in [1.54, 1.807) is 0 Å². The Labute approximate surface area is 236 Å². The standard InChI is InChI=1S/C32H41N3O5/c1-5-33-32(38)34-27-13-9-12-26(18-27)31-39-28(19-35(4)22(3)29(37)24-10-7-6-8-11-24)21(2)30(40-31)25-16-14-23(20-36)15-17-25/h6-18,21-22,28-31,36-37H,5,19-20H2,1-4H3,(H2,33,34,38). The number of rotatable bonds is 10. The molecule has 1 fully saturated rings. The molecule has 4 rings (SSSR count). The number of hydrogen-bond donors (Lipinski definition) is 4. The number of amides is 2. The molecule has 0 aromatic heterocycles. The average molecular weight is 548 g/mol. The fourth-order valence-electron chi connectivity index (χ4n) is 5.05. The monoisotopic (exact) mass is 547 g/mol. The molecule has 40 heavy (non-hydrogen) atoms. The molecular formula is C32H41N3O5. The summed E-state index contributed by atoms with van der Waals surface area (Å²) in [6.07, 6.45) is -1.78. The maximum atomic E-state index is 12.1. The Hall–Kier alpha value is -3.27. The molecule has 4 N–H and O–H groups in total. The van der Waals surface area contributed by atoms with E-state index in [0.717, 1.165) is 22.3 Å². The van der Waals surface area contributed by atoms with E-state index in [2.05, 4.69) is 22.5 Å². The van der Waals surface area contributed by atoms with E-state index in [1.165, 1.54) is 0 Å². The summed E-state index contributed by atoms with van der Waals surface area (Å²) in [5, 5.41) is 26.1. The smallest absolute Gasteiger partial charge is 0.319 e. The lowest BCUT2D eigenvalue weighted by atomic mass is 9.89. The van der Waals surface area contributed by atoms with Gasteiger partial charge in [0.2, 0.25) is 0 Å². The fourth-order valence-corrected chi connectivity index (χ4v) is 5.05. The summed E-state index contributed by atoms with van der Waals surface area (Å²) in [7, 11) is 2.00. The molecule has 0 aliphatic carbocycles. The molecule has 6 unspecified atom stereocenters. The van der Waals surface area contributed by atoms with Crippen molar-refractivity contribution in [2.75, 3.05) is 25.5 Å². The van der Waals surface area contributed by atoms with Crippen molar-refractivity contribution < 1.29 is 24.5 Å². The molecule has 1 heterocycles. The molecule has 1 saturated heterocycles. The van der Waals surface area contributed by atoms with Crippen LogP contribution in [0.25, 0.3) is 0 Å². The van der Waals surface area contributed by atoms with Gasteiger partial charge in [-0.15, -0.1) is 0 Å². The van der Waals surface area contributed by atoms with E-state index in [9.17, 15) is 15.0 Å². The van der Waals surface area contributed by atoms with Gasteiger partial charge in [0.25, 0.3) is 0 Å². The Morgan fingerprint density at radius 2 is 1.73 bits per heavy atom. The molecule has 1 aliphatic heterocycles.